The van der Waals surface area contributed by atoms with E-state index in [1.165, 1.54) is 12.8 Å². The van der Waals surface area contributed by atoms with E-state index in [1.54, 1.807) is 6.26 Å². The maximum atomic E-state index is 9.32. The molecule has 24 heavy (non-hydrogen) atoms. The molecule has 0 bridgehead atoms. The largest absolute Gasteiger partial charge is 0.468 e. The molecule has 0 saturated carbocycles. The smallest absolute Gasteiger partial charge is 0.232 e. The van der Waals surface area contributed by atoms with E-state index in [0.29, 0.717) is 24.0 Å². The molecule has 0 spiro atoms. The van der Waals surface area contributed by atoms with Crippen molar-refractivity contribution in [3.63, 3.8) is 0 Å². The van der Waals surface area contributed by atoms with Crippen molar-refractivity contribution in [3.8, 4) is 6.07 Å². The van der Waals surface area contributed by atoms with E-state index in [0.717, 1.165) is 18.8 Å². The number of nitrogens with one attached hydrogen (secondary N) is 1. The van der Waals surface area contributed by atoms with Crippen molar-refractivity contribution in [2.24, 2.45) is 0 Å². The van der Waals surface area contributed by atoms with Gasteiger partial charge in [0, 0.05) is 12.0 Å². The number of nitrogens with zero attached hydrogens (tertiary/aromatic N) is 3. The molecule has 0 aliphatic carbocycles. The molecule has 128 valence electrons. The van der Waals surface area contributed by atoms with Gasteiger partial charge in [-0.15, -0.1) is 0 Å². The van der Waals surface area contributed by atoms with Gasteiger partial charge in [0.05, 0.1) is 12.3 Å². The van der Waals surface area contributed by atoms with Crippen LogP contribution in [0.15, 0.2) is 27.2 Å². The van der Waals surface area contributed by atoms with Crippen LogP contribution in [0.4, 0.5) is 5.88 Å². The summed E-state index contributed by atoms with van der Waals surface area (Å²) in [5.74, 6) is 1.94. The quantitative estimate of drug-likeness (QED) is 0.902. The van der Waals surface area contributed by atoms with Crippen molar-refractivity contribution in [2.75, 3.05) is 25.0 Å². The topological polar surface area (TPSA) is 78.2 Å². The minimum atomic E-state index is -0.235. The second-order valence-electron chi connectivity index (χ2n) is 7.21. The average Bonchev–Trinajstić information content (AvgIpc) is 3.29. The fourth-order valence-electron chi connectivity index (χ4n) is 2.97. The van der Waals surface area contributed by atoms with Gasteiger partial charge < -0.3 is 14.2 Å². The van der Waals surface area contributed by atoms with E-state index < -0.39 is 0 Å². The van der Waals surface area contributed by atoms with Gasteiger partial charge in [0.2, 0.25) is 17.5 Å². The van der Waals surface area contributed by atoms with Crippen LogP contribution in [0, 0.1) is 11.3 Å². The van der Waals surface area contributed by atoms with Crippen LogP contribution in [0.1, 0.15) is 57.0 Å². The number of hydrogen-bond donors (Lipinski definition) is 1. The van der Waals surface area contributed by atoms with Gasteiger partial charge >= 0.3 is 0 Å². The molecule has 3 rings (SSSR count). The Kier molecular flexibility index (Phi) is 4.63. The molecule has 1 fully saturated rings. The van der Waals surface area contributed by atoms with Crippen molar-refractivity contribution in [3.05, 3.63) is 35.7 Å². The molecule has 1 aliphatic heterocycles. The summed E-state index contributed by atoms with van der Waals surface area (Å²) in [5.41, 5.74) is 0.0699. The van der Waals surface area contributed by atoms with E-state index in [9.17, 15) is 5.26 Å². The molecule has 6 nitrogen and oxygen atoms in total. The third kappa shape index (κ3) is 3.46. The third-order valence-electron chi connectivity index (χ3n) is 4.28. The molecule has 2 aromatic rings. The fourth-order valence-corrected chi connectivity index (χ4v) is 2.97. The molecule has 3 heterocycles. The van der Waals surface area contributed by atoms with Gasteiger partial charge in [-0.05, 0) is 38.1 Å². The Bertz CT molecular complexity index is 700. The summed E-state index contributed by atoms with van der Waals surface area (Å²) in [7, 11) is 0. The van der Waals surface area contributed by atoms with Crippen molar-refractivity contribution in [2.45, 2.75) is 45.1 Å². The van der Waals surface area contributed by atoms with Crippen LogP contribution >= 0.6 is 0 Å². The highest BCUT2D eigenvalue weighted by molar-refractivity contribution is 5.46. The highest BCUT2D eigenvalue weighted by atomic mass is 16.4. The molecule has 1 atom stereocenters. The Morgan fingerprint density at radius 1 is 1.38 bits per heavy atom. The van der Waals surface area contributed by atoms with Crippen LogP contribution in [0.25, 0.3) is 0 Å². The van der Waals surface area contributed by atoms with Crippen LogP contribution in [0.2, 0.25) is 0 Å². The summed E-state index contributed by atoms with van der Waals surface area (Å²) in [6, 6.07) is 6.14. The van der Waals surface area contributed by atoms with Gasteiger partial charge in [-0.3, -0.25) is 4.90 Å². The molecule has 1 N–H and O–H groups in total. The molecule has 1 aliphatic rings. The molecule has 6 heteroatoms. The molecule has 0 radical (unpaired) electrons. The van der Waals surface area contributed by atoms with E-state index in [-0.39, 0.29) is 11.5 Å². The minimum absolute atomic E-state index is 0.122. The lowest BCUT2D eigenvalue weighted by Crippen LogP contribution is -2.30. The fraction of sp³-hybridized carbons (Fsp3) is 0.556. The van der Waals surface area contributed by atoms with Crippen molar-refractivity contribution >= 4 is 5.88 Å². The summed E-state index contributed by atoms with van der Waals surface area (Å²) < 4.78 is 11.4. The summed E-state index contributed by atoms with van der Waals surface area (Å²) >= 11 is 0. The van der Waals surface area contributed by atoms with E-state index in [1.807, 2.05) is 32.9 Å². The zero-order valence-electron chi connectivity index (χ0n) is 14.5. The van der Waals surface area contributed by atoms with Crippen LogP contribution in [-0.2, 0) is 5.41 Å². The number of oxazole rings is 1. The lowest BCUT2D eigenvalue weighted by atomic mass is 9.97. The number of anilines is 1. The molecular weight excluding hydrogens is 304 g/mol. The number of furan rings is 1. The Hall–Kier alpha value is -2.26. The van der Waals surface area contributed by atoms with Gasteiger partial charge in [-0.25, -0.2) is 0 Å². The van der Waals surface area contributed by atoms with Crippen molar-refractivity contribution in [1.82, 2.24) is 9.88 Å². The van der Waals surface area contributed by atoms with Gasteiger partial charge in [0.15, 0.2) is 0 Å². The second-order valence-corrected chi connectivity index (χ2v) is 7.21. The van der Waals surface area contributed by atoms with Gasteiger partial charge in [0.25, 0.3) is 0 Å². The summed E-state index contributed by atoms with van der Waals surface area (Å²) in [6.07, 6.45) is 4.11. The Balaban J connectivity index is 1.77. The van der Waals surface area contributed by atoms with Crippen molar-refractivity contribution in [1.29, 1.82) is 5.26 Å². The van der Waals surface area contributed by atoms with Crippen LogP contribution in [0.5, 0.6) is 0 Å². The van der Waals surface area contributed by atoms with Gasteiger partial charge in [0.1, 0.15) is 11.8 Å². The maximum Gasteiger partial charge on any atom is 0.232 e. The minimum Gasteiger partial charge on any atom is -0.468 e. The zero-order valence-corrected chi connectivity index (χ0v) is 14.5. The Labute approximate surface area is 142 Å². The molecule has 0 amide bonds. The zero-order chi connectivity index (χ0) is 17.2. The first-order chi connectivity index (χ1) is 11.5. The molecular formula is C18H24N4O2. The van der Waals surface area contributed by atoms with Crippen molar-refractivity contribution < 1.29 is 8.83 Å². The Morgan fingerprint density at radius 2 is 2.12 bits per heavy atom. The van der Waals surface area contributed by atoms with Gasteiger partial charge in [-0.2, -0.15) is 10.2 Å². The molecule has 1 saturated heterocycles. The summed E-state index contributed by atoms with van der Waals surface area (Å²) in [4.78, 5) is 6.71. The molecule has 0 aromatic carbocycles. The van der Waals surface area contributed by atoms with Crippen LogP contribution in [0.3, 0.4) is 0 Å². The SMILES string of the molecule is CC(C)(C)c1nc(C#N)c(NC[C@H](c2ccco2)N2CCCC2)o1. The lowest BCUT2D eigenvalue weighted by Gasteiger charge is -2.25. The van der Waals surface area contributed by atoms with E-state index in [4.69, 9.17) is 8.83 Å². The number of nitriles is 1. The standard InChI is InChI=1S/C18H24N4O2/c1-18(2,3)17-21-13(11-19)16(24-17)20-12-14(15-7-6-10-23-15)22-8-4-5-9-22/h6-7,10,14,20H,4-5,8-9,12H2,1-3H3/t14-/m1/s1. The number of likely N-dealkylation sites (tertiary alicyclic amines) is 1. The van der Waals surface area contributed by atoms with Crippen LogP contribution in [-0.4, -0.2) is 29.5 Å². The molecule has 2 aromatic heterocycles. The second kappa shape index (κ2) is 6.70. The first kappa shape index (κ1) is 16.6. The predicted molar refractivity (Wildman–Crippen MR) is 90.7 cm³/mol. The molecule has 0 unspecified atom stereocenters. The third-order valence-corrected chi connectivity index (χ3v) is 4.28. The lowest BCUT2D eigenvalue weighted by molar-refractivity contribution is 0.224. The first-order valence-corrected chi connectivity index (χ1v) is 8.42. The highest BCUT2D eigenvalue weighted by Crippen LogP contribution is 2.29. The summed E-state index contributed by atoms with van der Waals surface area (Å²) in [5, 5.41) is 12.6. The normalized spacial score (nSPS) is 16.9. The highest BCUT2D eigenvalue weighted by Gasteiger charge is 2.28. The summed E-state index contributed by atoms with van der Waals surface area (Å²) in [6.45, 7) is 8.77. The average molecular weight is 328 g/mol. The van der Waals surface area contributed by atoms with Gasteiger partial charge in [-0.1, -0.05) is 20.8 Å². The van der Waals surface area contributed by atoms with Crippen LogP contribution < -0.4 is 5.32 Å². The Morgan fingerprint density at radius 3 is 2.71 bits per heavy atom. The maximum absolute atomic E-state index is 9.32. The predicted octanol–water partition coefficient (Wildman–Crippen LogP) is 3.69. The van der Waals surface area contributed by atoms with E-state index >= 15 is 0 Å². The number of aromatic nitrogens is 1. The number of hydrogen-bond acceptors (Lipinski definition) is 6. The number of rotatable bonds is 5. The first-order valence-electron chi connectivity index (χ1n) is 8.42. The monoisotopic (exact) mass is 328 g/mol. The van der Waals surface area contributed by atoms with E-state index in [2.05, 4.69) is 21.3 Å².